The van der Waals surface area contributed by atoms with Crippen molar-refractivity contribution in [3.63, 3.8) is 0 Å². The van der Waals surface area contributed by atoms with Crippen LogP contribution in [0.1, 0.15) is 28.9 Å². The summed E-state index contributed by atoms with van der Waals surface area (Å²) in [6.45, 7) is 1.85. The molecule has 0 aliphatic heterocycles. The van der Waals surface area contributed by atoms with E-state index in [0.717, 1.165) is 5.56 Å². The van der Waals surface area contributed by atoms with Crippen molar-refractivity contribution >= 4 is 34.8 Å². The summed E-state index contributed by atoms with van der Waals surface area (Å²) in [4.78, 5) is 12.1. The number of nitrogens with one attached hydrogen (secondary N) is 2. The van der Waals surface area contributed by atoms with E-state index in [0.29, 0.717) is 5.56 Å². The molecule has 1 aromatic heterocycles. The van der Waals surface area contributed by atoms with Crippen molar-refractivity contribution in [2.45, 2.75) is 13.0 Å². The minimum Gasteiger partial charge on any atom is -0.397 e. The third kappa shape index (κ3) is 3.00. The van der Waals surface area contributed by atoms with Crippen molar-refractivity contribution in [1.29, 1.82) is 0 Å². The van der Waals surface area contributed by atoms with Gasteiger partial charge in [0.25, 0.3) is 5.91 Å². The number of aromatic amines is 1. The van der Waals surface area contributed by atoms with Gasteiger partial charge >= 0.3 is 0 Å². The van der Waals surface area contributed by atoms with Gasteiger partial charge in [-0.25, -0.2) is 0 Å². The number of rotatable bonds is 3. The fourth-order valence-electron chi connectivity index (χ4n) is 1.60. The minimum atomic E-state index is -0.279. The Morgan fingerprint density at radius 3 is 2.79 bits per heavy atom. The number of carbonyl (C=O) groups excluding carboxylic acids is 1. The highest BCUT2D eigenvalue weighted by atomic mass is 35.5. The molecule has 0 radical (unpaired) electrons. The Labute approximate surface area is 120 Å². The van der Waals surface area contributed by atoms with E-state index in [1.807, 2.05) is 6.92 Å². The first-order chi connectivity index (χ1) is 8.99. The standard InChI is InChI=1S/C12H12Cl2N4O/c1-6(8-4-16-17-5-8)18-12(19)7-2-9(13)11(14)10(15)3-7/h2-6H,15H2,1H3,(H,16,17)(H,18,19). The van der Waals surface area contributed by atoms with Crippen molar-refractivity contribution in [2.24, 2.45) is 0 Å². The topological polar surface area (TPSA) is 83.8 Å². The third-order valence-corrected chi connectivity index (χ3v) is 3.50. The molecule has 0 aliphatic carbocycles. The number of anilines is 1. The summed E-state index contributed by atoms with van der Waals surface area (Å²) >= 11 is 11.7. The number of nitrogen functional groups attached to an aromatic ring is 1. The number of amides is 1. The molecule has 1 unspecified atom stereocenters. The Bertz CT molecular complexity index is 575. The largest absolute Gasteiger partial charge is 0.397 e. The molecular formula is C12H12Cl2N4O. The Morgan fingerprint density at radius 2 is 2.21 bits per heavy atom. The molecule has 0 aliphatic rings. The van der Waals surface area contributed by atoms with E-state index >= 15 is 0 Å². The lowest BCUT2D eigenvalue weighted by atomic mass is 10.1. The van der Waals surface area contributed by atoms with E-state index < -0.39 is 0 Å². The quantitative estimate of drug-likeness (QED) is 0.762. The fraction of sp³-hybridized carbons (Fsp3) is 0.167. The van der Waals surface area contributed by atoms with E-state index in [4.69, 9.17) is 28.9 Å². The minimum absolute atomic E-state index is 0.179. The summed E-state index contributed by atoms with van der Waals surface area (Å²) in [7, 11) is 0. The Hall–Kier alpha value is -1.72. The molecule has 0 fully saturated rings. The number of aromatic nitrogens is 2. The smallest absolute Gasteiger partial charge is 0.251 e. The number of H-pyrrole nitrogens is 1. The molecule has 0 spiro atoms. The average molecular weight is 299 g/mol. The van der Waals surface area contributed by atoms with Crippen LogP contribution in [-0.4, -0.2) is 16.1 Å². The molecule has 0 saturated heterocycles. The molecule has 5 nitrogen and oxygen atoms in total. The van der Waals surface area contributed by atoms with E-state index in [-0.39, 0.29) is 27.7 Å². The lowest BCUT2D eigenvalue weighted by molar-refractivity contribution is 0.0940. The summed E-state index contributed by atoms with van der Waals surface area (Å²) in [5.41, 5.74) is 7.19. The first-order valence-corrected chi connectivity index (χ1v) is 6.28. The van der Waals surface area contributed by atoms with Gasteiger partial charge in [0.15, 0.2) is 0 Å². The van der Waals surface area contributed by atoms with Crippen molar-refractivity contribution in [1.82, 2.24) is 15.5 Å². The monoisotopic (exact) mass is 298 g/mol. The number of nitrogens with two attached hydrogens (primary N) is 1. The van der Waals surface area contributed by atoms with E-state index in [1.54, 1.807) is 12.4 Å². The van der Waals surface area contributed by atoms with Crippen LogP contribution in [-0.2, 0) is 0 Å². The zero-order chi connectivity index (χ0) is 14.0. The number of hydrogen-bond acceptors (Lipinski definition) is 3. The lowest BCUT2D eigenvalue weighted by Crippen LogP contribution is -2.26. The molecule has 2 rings (SSSR count). The molecule has 100 valence electrons. The predicted octanol–water partition coefficient (Wildman–Crippen LogP) is 2.79. The lowest BCUT2D eigenvalue weighted by Gasteiger charge is -2.13. The average Bonchev–Trinajstić information content (AvgIpc) is 2.89. The number of carbonyl (C=O) groups is 1. The second-order valence-electron chi connectivity index (χ2n) is 4.09. The normalized spacial score (nSPS) is 12.2. The van der Waals surface area contributed by atoms with Crippen molar-refractivity contribution in [3.8, 4) is 0 Å². The van der Waals surface area contributed by atoms with Gasteiger partial charge in [-0.2, -0.15) is 5.10 Å². The third-order valence-electron chi connectivity index (χ3n) is 2.69. The SMILES string of the molecule is CC(NC(=O)c1cc(N)c(Cl)c(Cl)c1)c1cn[nH]c1. The molecule has 1 aromatic carbocycles. The van der Waals surface area contributed by atoms with Crippen molar-refractivity contribution < 1.29 is 4.79 Å². The van der Waals surface area contributed by atoms with Crippen LogP contribution in [0.15, 0.2) is 24.5 Å². The molecule has 19 heavy (non-hydrogen) atoms. The van der Waals surface area contributed by atoms with Gasteiger partial charge in [0.05, 0.1) is 28.0 Å². The number of halogens is 2. The van der Waals surface area contributed by atoms with Gasteiger partial charge in [-0.1, -0.05) is 23.2 Å². The van der Waals surface area contributed by atoms with Gasteiger partial charge in [-0.15, -0.1) is 0 Å². The molecule has 4 N–H and O–H groups in total. The summed E-state index contributed by atoms with van der Waals surface area (Å²) in [6.07, 6.45) is 3.36. The van der Waals surface area contributed by atoms with Crippen LogP contribution >= 0.6 is 23.2 Å². The van der Waals surface area contributed by atoms with Gasteiger partial charge in [0.2, 0.25) is 0 Å². The van der Waals surface area contributed by atoms with Crippen molar-refractivity contribution in [3.05, 3.63) is 45.7 Å². The number of hydrogen-bond donors (Lipinski definition) is 3. The molecular weight excluding hydrogens is 287 g/mol. The second kappa shape index (κ2) is 5.50. The summed E-state index contributed by atoms with van der Waals surface area (Å²) in [5.74, 6) is -0.279. The van der Waals surface area contributed by atoms with Gasteiger partial charge in [-0.3, -0.25) is 9.89 Å². The first-order valence-electron chi connectivity index (χ1n) is 5.53. The molecule has 0 bridgehead atoms. The van der Waals surface area contributed by atoms with Gasteiger partial charge < -0.3 is 11.1 Å². The molecule has 7 heteroatoms. The Kier molecular flexibility index (Phi) is 3.97. The zero-order valence-electron chi connectivity index (χ0n) is 10.1. The van der Waals surface area contributed by atoms with Crippen LogP contribution in [0.25, 0.3) is 0 Å². The van der Waals surface area contributed by atoms with Crippen LogP contribution in [0.5, 0.6) is 0 Å². The summed E-state index contributed by atoms with van der Waals surface area (Å²) in [6, 6.07) is 2.80. The van der Waals surface area contributed by atoms with Gasteiger partial charge in [0, 0.05) is 17.3 Å². The summed E-state index contributed by atoms with van der Waals surface area (Å²) in [5, 5.41) is 9.84. The van der Waals surface area contributed by atoms with E-state index in [9.17, 15) is 4.79 Å². The van der Waals surface area contributed by atoms with Crippen LogP contribution in [0.2, 0.25) is 10.0 Å². The maximum absolute atomic E-state index is 12.1. The maximum atomic E-state index is 12.1. The predicted molar refractivity (Wildman–Crippen MR) is 75.3 cm³/mol. The highest BCUT2D eigenvalue weighted by Crippen LogP contribution is 2.29. The van der Waals surface area contributed by atoms with Gasteiger partial charge in [0.1, 0.15) is 0 Å². The molecule has 1 amide bonds. The van der Waals surface area contributed by atoms with Crippen LogP contribution in [0, 0.1) is 0 Å². The van der Waals surface area contributed by atoms with E-state index in [1.165, 1.54) is 12.1 Å². The number of nitrogens with zero attached hydrogens (tertiary/aromatic N) is 1. The first kappa shape index (κ1) is 13.7. The van der Waals surface area contributed by atoms with Crippen LogP contribution < -0.4 is 11.1 Å². The number of benzene rings is 1. The molecule has 1 atom stereocenters. The van der Waals surface area contributed by atoms with Crippen LogP contribution in [0.3, 0.4) is 0 Å². The Balaban J connectivity index is 2.16. The van der Waals surface area contributed by atoms with Crippen molar-refractivity contribution in [2.75, 3.05) is 5.73 Å². The van der Waals surface area contributed by atoms with Crippen LogP contribution in [0.4, 0.5) is 5.69 Å². The second-order valence-corrected chi connectivity index (χ2v) is 4.87. The molecule has 1 heterocycles. The molecule has 0 saturated carbocycles. The zero-order valence-corrected chi connectivity index (χ0v) is 11.6. The highest BCUT2D eigenvalue weighted by molar-refractivity contribution is 6.43. The van der Waals surface area contributed by atoms with Gasteiger partial charge in [-0.05, 0) is 19.1 Å². The van der Waals surface area contributed by atoms with E-state index in [2.05, 4.69) is 15.5 Å². The Morgan fingerprint density at radius 1 is 1.47 bits per heavy atom. The summed E-state index contributed by atoms with van der Waals surface area (Å²) < 4.78 is 0. The fourth-order valence-corrected chi connectivity index (χ4v) is 1.94. The maximum Gasteiger partial charge on any atom is 0.251 e. The molecule has 2 aromatic rings. The highest BCUT2D eigenvalue weighted by Gasteiger charge is 2.14.